The standard InChI is InChI=1S/C21H14I2O2.C17H11I2NO2/c22-15-10-18(21(25)19(23)11-15)20(24)8-12-5-6-17-14(7-12)9-13-3-1-2-4-16(13)17;18-12-8-14(16(21)15(19)9-12)17(22)20-13-6-5-10-3-1-2-4-11(10)7-13/h1-7,10-11,25H,8-9H2;1-9,21H,(H,20,22). The number of nitrogens with one attached hydrogen (secondary N) is 1. The van der Waals surface area contributed by atoms with Crippen molar-refractivity contribution in [3.63, 3.8) is 0 Å². The van der Waals surface area contributed by atoms with Crippen LogP contribution < -0.4 is 5.32 Å². The van der Waals surface area contributed by atoms with Crippen LogP contribution in [0.1, 0.15) is 37.4 Å². The van der Waals surface area contributed by atoms with Crippen molar-refractivity contribution in [3.8, 4) is 22.6 Å². The van der Waals surface area contributed by atoms with E-state index in [4.69, 9.17) is 0 Å². The van der Waals surface area contributed by atoms with Gasteiger partial charge in [0, 0.05) is 19.2 Å². The van der Waals surface area contributed by atoms with Gasteiger partial charge < -0.3 is 15.5 Å². The van der Waals surface area contributed by atoms with Crippen LogP contribution in [0.5, 0.6) is 11.5 Å². The maximum absolute atomic E-state index is 12.7. The molecule has 0 unspecified atom stereocenters. The van der Waals surface area contributed by atoms with E-state index in [1.54, 1.807) is 12.1 Å². The molecule has 0 aliphatic heterocycles. The Hall–Kier alpha value is -2.76. The number of carbonyl (C=O) groups is 2. The van der Waals surface area contributed by atoms with Crippen molar-refractivity contribution in [2.45, 2.75) is 12.8 Å². The van der Waals surface area contributed by atoms with Crippen molar-refractivity contribution < 1.29 is 19.8 Å². The summed E-state index contributed by atoms with van der Waals surface area (Å²) in [5.74, 6) is -0.271. The fourth-order valence-electron chi connectivity index (χ4n) is 5.57. The molecular formula is C38H25I4NO4. The van der Waals surface area contributed by atoms with E-state index in [-0.39, 0.29) is 28.8 Å². The first-order valence-corrected chi connectivity index (χ1v) is 18.8. The zero-order chi connectivity index (χ0) is 33.2. The van der Waals surface area contributed by atoms with E-state index in [0.29, 0.717) is 24.8 Å². The van der Waals surface area contributed by atoms with Gasteiger partial charge in [0.2, 0.25) is 0 Å². The number of fused-ring (bicyclic) bond motifs is 4. The Labute approximate surface area is 326 Å². The molecule has 234 valence electrons. The fraction of sp³-hybridized carbons (Fsp3) is 0.0526. The molecule has 7 rings (SSSR count). The average molecular weight is 1070 g/mol. The molecule has 0 heterocycles. The molecule has 0 spiro atoms. The van der Waals surface area contributed by atoms with Gasteiger partial charge in [-0.2, -0.15) is 0 Å². The molecule has 5 nitrogen and oxygen atoms in total. The third kappa shape index (κ3) is 7.78. The van der Waals surface area contributed by atoms with Gasteiger partial charge in [-0.05, 0) is 172 Å². The summed E-state index contributed by atoms with van der Waals surface area (Å²) < 4.78 is 3.22. The molecule has 0 bridgehead atoms. The SMILES string of the molecule is O=C(Cc1ccc2c(c1)Cc1ccccc1-2)c1cc(I)cc(I)c1O.O=C(Nc1ccc2ccccc2c1)c1cc(I)cc(I)c1O. The number of carbonyl (C=O) groups excluding carboxylic acids is 2. The molecule has 0 saturated heterocycles. The second-order valence-electron chi connectivity index (χ2n) is 11.0. The molecule has 0 saturated carbocycles. The molecule has 1 aliphatic rings. The second-order valence-corrected chi connectivity index (χ2v) is 15.8. The second kappa shape index (κ2) is 14.8. The van der Waals surface area contributed by atoms with Crippen LogP contribution in [-0.4, -0.2) is 21.9 Å². The predicted octanol–water partition coefficient (Wildman–Crippen LogP) is 10.6. The number of rotatable bonds is 5. The van der Waals surface area contributed by atoms with Crippen molar-refractivity contribution in [2.24, 2.45) is 0 Å². The number of hydrogen-bond donors (Lipinski definition) is 3. The lowest BCUT2D eigenvalue weighted by Crippen LogP contribution is -2.12. The highest BCUT2D eigenvalue weighted by Gasteiger charge is 2.20. The van der Waals surface area contributed by atoms with Crippen LogP contribution in [0.25, 0.3) is 21.9 Å². The first-order valence-electron chi connectivity index (χ1n) is 14.5. The van der Waals surface area contributed by atoms with E-state index >= 15 is 0 Å². The van der Waals surface area contributed by atoms with Gasteiger partial charge in [0.25, 0.3) is 5.91 Å². The molecule has 6 aromatic carbocycles. The lowest BCUT2D eigenvalue weighted by Gasteiger charge is -2.09. The molecule has 47 heavy (non-hydrogen) atoms. The first-order chi connectivity index (χ1) is 22.6. The van der Waals surface area contributed by atoms with Crippen molar-refractivity contribution in [2.75, 3.05) is 5.32 Å². The summed E-state index contributed by atoms with van der Waals surface area (Å²) in [5.41, 5.74) is 7.55. The summed E-state index contributed by atoms with van der Waals surface area (Å²) in [6.45, 7) is 0. The number of Topliss-reactive ketones (excluding diaryl/α,β-unsaturated/α-hetero) is 1. The van der Waals surface area contributed by atoms with Gasteiger partial charge >= 0.3 is 0 Å². The normalized spacial score (nSPS) is 11.3. The van der Waals surface area contributed by atoms with E-state index in [1.807, 2.05) is 83.3 Å². The van der Waals surface area contributed by atoms with Crippen LogP contribution in [0.2, 0.25) is 0 Å². The molecule has 0 fully saturated rings. The predicted molar refractivity (Wildman–Crippen MR) is 222 cm³/mol. The van der Waals surface area contributed by atoms with Crippen LogP contribution in [0.15, 0.2) is 109 Å². The highest BCUT2D eigenvalue weighted by atomic mass is 127. The Morgan fingerprint density at radius 1 is 0.617 bits per heavy atom. The molecule has 1 aliphatic carbocycles. The number of amides is 1. The first kappa shape index (κ1) is 34.1. The summed E-state index contributed by atoms with van der Waals surface area (Å²) in [6.07, 6.45) is 1.22. The summed E-state index contributed by atoms with van der Waals surface area (Å²) >= 11 is 8.37. The highest BCUT2D eigenvalue weighted by Crippen LogP contribution is 2.37. The van der Waals surface area contributed by atoms with Crippen LogP contribution in [-0.2, 0) is 12.8 Å². The van der Waals surface area contributed by atoms with Gasteiger partial charge in [0.05, 0.1) is 18.3 Å². The monoisotopic (exact) mass is 1070 g/mol. The van der Waals surface area contributed by atoms with E-state index < -0.39 is 0 Å². The highest BCUT2D eigenvalue weighted by molar-refractivity contribution is 14.1. The molecular weight excluding hydrogens is 1040 g/mol. The van der Waals surface area contributed by atoms with Crippen LogP contribution >= 0.6 is 90.4 Å². The Morgan fingerprint density at radius 2 is 1.23 bits per heavy atom. The van der Waals surface area contributed by atoms with Crippen molar-refractivity contribution >= 4 is 119 Å². The summed E-state index contributed by atoms with van der Waals surface area (Å²) in [6, 6.07) is 35.5. The largest absolute Gasteiger partial charge is 0.506 e. The van der Waals surface area contributed by atoms with Gasteiger partial charge in [0.1, 0.15) is 11.5 Å². The molecule has 0 aromatic heterocycles. The fourth-order valence-corrected chi connectivity index (χ4v) is 9.26. The Kier molecular flexibility index (Phi) is 10.7. The van der Waals surface area contributed by atoms with Gasteiger partial charge in [-0.15, -0.1) is 0 Å². The number of anilines is 1. The number of phenols is 2. The minimum atomic E-state index is -0.316. The van der Waals surface area contributed by atoms with E-state index in [9.17, 15) is 19.8 Å². The average Bonchev–Trinajstić information content (AvgIpc) is 3.42. The number of benzene rings is 6. The Morgan fingerprint density at radius 3 is 1.98 bits per heavy atom. The third-order valence-corrected chi connectivity index (χ3v) is 10.7. The van der Waals surface area contributed by atoms with Crippen molar-refractivity contribution in [1.29, 1.82) is 0 Å². The minimum absolute atomic E-state index is 0.0132. The molecule has 0 atom stereocenters. The third-order valence-electron chi connectivity index (χ3n) is 7.83. The summed E-state index contributed by atoms with van der Waals surface area (Å²) in [5, 5.41) is 25.3. The maximum Gasteiger partial charge on any atom is 0.259 e. The molecule has 0 radical (unpaired) electrons. The van der Waals surface area contributed by atoms with Gasteiger partial charge in [-0.25, -0.2) is 0 Å². The zero-order valence-corrected chi connectivity index (χ0v) is 33.2. The van der Waals surface area contributed by atoms with E-state index in [1.165, 1.54) is 22.3 Å². The molecule has 6 aromatic rings. The Balaban J connectivity index is 0.000000166. The number of halogens is 4. The van der Waals surface area contributed by atoms with Crippen LogP contribution in [0.3, 0.4) is 0 Å². The van der Waals surface area contributed by atoms with Crippen LogP contribution in [0.4, 0.5) is 5.69 Å². The van der Waals surface area contributed by atoms with Crippen molar-refractivity contribution in [3.05, 3.63) is 151 Å². The summed E-state index contributed by atoms with van der Waals surface area (Å²) in [4.78, 5) is 25.1. The molecule has 3 N–H and O–H groups in total. The number of ketones is 1. The number of phenolic OH excluding ortho intramolecular Hbond substituents is 2. The Bertz CT molecular complexity index is 2200. The quantitative estimate of drug-likeness (QED) is 0.118. The number of hydrogen-bond acceptors (Lipinski definition) is 4. The van der Waals surface area contributed by atoms with Gasteiger partial charge in [-0.3, -0.25) is 9.59 Å². The van der Waals surface area contributed by atoms with Crippen LogP contribution in [0, 0.1) is 14.3 Å². The topological polar surface area (TPSA) is 86.6 Å². The number of aromatic hydroxyl groups is 2. The summed E-state index contributed by atoms with van der Waals surface area (Å²) in [7, 11) is 0. The molecule has 9 heteroatoms. The van der Waals surface area contributed by atoms with E-state index in [0.717, 1.165) is 29.9 Å². The van der Waals surface area contributed by atoms with Crippen molar-refractivity contribution in [1.82, 2.24) is 0 Å². The van der Waals surface area contributed by atoms with Gasteiger partial charge in [-0.1, -0.05) is 72.8 Å². The maximum atomic E-state index is 12.7. The minimum Gasteiger partial charge on any atom is -0.506 e. The lowest BCUT2D eigenvalue weighted by atomic mass is 9.98. The smallest absolute Gasteiger partial charge is 0.259 e. The van der Waals surface area contributed by atoms with E-state index in [2.05, 4.69) is 109 Å². The zero-order valence-electron chi connectivity index (χ0n) is 24.5. The van der Waals surface area contributed by atoms with Gasteiger partial charge in [0.15, 0.2) is 5.78 Å². The molecule has 1 amide bonds. The lowest BCUT2D eigenvalue weighted by molar-refractivity contribution is 0.0988.